The van der Waals surface area contributed by atoms with E-state index < -0.39 is 10.0 Å². The van der Waals surface area contributed by atoms with Crippen LogP contribution in [-0.4, -0.2) is 8.42 Å². The van der Waals surface area contributed by atoms with Crippen LogP contribution in [0.5, 0.6) is 0 Å². The number of benzene rings is 2. The van der Waals surface area contributed by atoms with Gasteiger partial charge >= 0.3 is 0 Å². The minimum absolute atomic E-state index is 0.272. The second-order valence-electron chi connectivity index (χ2n) is 4.38. The van der Waals surface area contributed by atoms with Gasteiger partial charge < -0.3 is 0 Å². The smallest absolute Gasteiger partial charge is 0.261 e. The van der Waals surface area contributed by atoms with Crippen molar-refractivity contribution in [2.45, 2.75) is 18.7 Å². The van der Waals surface area contributed by atoms with Crippen LogP contribution < -0.4 is 4.72 Å². The summed E-state index contributed by atoms with van der Waals surface area (Å²) in [5.41, 5.74) is 2.55. The first kappa shape index (κ1) is 14.3. The van der Waals surface area contributed by atoms with Crippen molar-refractivity contribution in [3.8, 4) is 0 Å². The normalized spacial score (nSPS) is 11.3. The molecule has 2 rings (SSSR count). The molecule has 0 heterocycles. The van der Waals surface area contributed by atoms with Crippen LogP contribution in [0.3, 0.4) is 0 Å². The van der Waals surface area contributed by atoms with Crippen molar-refractivity contribution in [3.05, 3.63) is 57.2 Å². The summed E-state index contributed by atoms with van der Waals surface area (Å²) in [7, 11) is -3.52. The lowest BCUT2D eigenvalue weighted by Crippen LogP contribution is -2.13. The number of anilines is 1. The summed E-state index contributed by atoms with van der Waals surface area (Å²) >= 11 is 2.14. The highest BCUT2D eigenvalue weighted by atomic mass is 127. The minimum Gasteiger partial charge on any atom is -0.279 e. The Morgan fingerprint density at radius 2 is 1.63 bits per heavy atom. The summed E-state index contributed by atoms with van der Waals surface area (Å²) in [6.07, 6.45) is 0. The highest BCUT2D eigenvalue weighted by molar-refractivity contribution is 14.1. The number of aryl methyl sites for hydroxylation is 2. The molecule has 5 heteroatoms. The van der Waals surface area contributed by atoms with Gasteiger partial charge in [-0.2, -0.15) is 0 Å². The van der Waals surface area contributed by atoms with Crippen molar-refractivity contribution in [2.24, 2.45) is 0 Å². The van der Waals surface area contributed by atoms with E-state index in [4.69, 9.17) is 0 Å². The summed E-state index contributed by atoms with van der Waals surface area (Å²) in [5, 5.41) is 0. The van der Waals surface area contributed by atoms with Gasteiger partial charge in [-0.3, -0.25) is 4.72 Å². The average Bonchev–Trinajstić information content (AvgIpc) is 2.34. The van der Waals surface area contributed by atoms with Crippen LogP contribution in [0.2, 0.25) is 0 Å². The van der Waals surface area contributed by atoms with Crippen molar-refractivity contribution in [2.75, 3.05) is 4.72 Å². The van der Waals surface area contributed by atoms with Crippen LogP contribution >= 0.6 is 22.6 Å². The zero-order valence-electron chi connectivity index (χ0n) is 10.6. The molecule has 0 bridgehead atoms. The summed E-state index contributed by atoms with van der Waals surface area (Å²) < 4.78 is 28.2. The molecule has 0 amide bonds. The Bertz CT molecular complexity index is 694. The summed E-state index contributed by atoms with van der Waals surface area (Å²) in [6, 6.07) is 12.5. The Hall–Kier alpha value is -1.08. The maximum absolute atomic E-state index is 12.3. The number of halogens is 1. The van der Waals surface area contributed by atoms with Crippen molar-refractivity contribution >= 4 is 38.3 Å². The first-order chi connectivity index (χ1) is 8.88. The van der Waals surface area contributed by atoms with Crippen molar-refractivity contribution < 1.29 is 8.42 Å². The summed E-state index contributed by atoms with van der Waals surface area (Å²) in [6.45, 7) is 3.81. The molecule has 0 unspecified atom stereocenters. The van der Waals surface area contributed by atoms with E-state index in [1.165, 1.54) is 0 Å². The molecule has 2 aromatic rings. The molecule has 0 spiro atoms. The molecule has 0 fully saturated rings. The third-order valence-electron chi connectivity index (χ3n) is 2.76. The molecule has 0 aliphatic carbocycles. The van der Waals surface area contributed by atoms with Crippen LogP contribution in [0.4, 0.5) is 5.69 Å². The van der Waals surface area contributed by atoms with E-state index in [1.54, 1.807) is 24.3 Å². The second kappa shape index (κ2) is 5.50. The molecule has 0 saturated heterocycles. The van der Waals surface area contributed by atoms with Gasteiger partial charge in [0.25, 0.3) is 10.0 Å². The third-order valence-corrected chi connectivity index (χ3v) is 4.86. The summed E-state index contributed by atoms with van der Waals surface area (Å²) in [4.78, 5) is 0.272. The van der Waals surface area contributed by atoms with E-state index in [-0.39, 0.29) is 4.90 Å². The van der Waals surface area contributed by atoms with Crippen LogP contribution in [0.15, 0.2) is 47.4 Å². The Morgan fingerprint density at radius 3 is 2.26 bits per heavy atom. The van der Waals surface area contributed by atoms with Crippen LogP contribution in [-0.2, 0) is 10.0 Å². The highest BCUT2D eigenvalue weighted by Gasteiger charge is 2.14. The van der Waals surface area contributed by atoms with E-state index in [0.29, 0.717) is 5.69 Å². The first-order valence-corrected chi connectivity index (χ1v) is 8.30. The lowest BCUT2D eigenvalue weighted by atomic mass is 10.1. The molecule has 0 radical (unpaired) electrons. The zero-order valence-corrected chi connectivity index (χ0v) is 13.6. The number of hydrogen-bond donors (Lipinski definition) is 1. The minimum atomic E-state index is -3.52. The second-order valence-corrected chi connectivity index (χ2v) is 7.31. The lowest BCUT2D eigenvalue weighted by Gasteiger charge is -2.11. The van der Waals surface area contributed by atoms with Gasteiger partial charge in [-0.1, -0.05) is 12.1 Å². The molecule has 0 saturated carbocycles. The molecule has 1 N–H and O–H groups in total. The van der Waals surface area contributed by atoms with Gasteiger partial charge in [-0.05, 0) is 77.9 Å². The van der Waals surface area contributed by atoms with Gasteiger partial charge in [-0.25, -0.2) is 8.42 Å². The molecule has 0 aliphatic heterocycles. The van der Waals surface area contributed by atoms with Crippen LogP contribution in [0.1, 0.15) is 11.1 Å². The Morgan fingerprint density at radius 1 is 1.00 bits per heavy atom. The quantitative estimate of drug-likeness (QED) is 0.817. The first-order valence-electron chi connectivity index (χ1n) is 5.74. The van der Waals surface area contributed by atoms with E-state index in [9.17, 15) is 8.42 Å². The average molecular weight is 387 g/mol. The fraction of sp³-hybridized carbons (Fsp3) is 0.143. The van der Waals surface area contributed by atoms with Crippen LogP contribution in [0.25, 0.3) is 0 Å². The fourth-order valence-electron chi connectivity index (χ4n) is 1.66. The van der Waals surface area contributed by atoms with Gasteiger partial charge in [0.2, 0.25) is 0 Å². The van der Waals surface area contributed by atoms with Gasteiger partial charge in [0.05, 0.1) is 10.6 Å². The van der Waals surface area contributed by atoms with Gasteiger partial charge in [0.15, 0.2) is 0 Å². The molecule has 19 heavy (non-hydrogen) atoms. The molecule has 0 atom stereocenters. The Balaban J connectivity index is 2.36. The van der Waals surface area contributed by atoms with E-state index in [2.05, 4.69) is 27.3 Å². The monoisotopic (exact) mass is 387 g/mol. The SMILES string of the molecule is Cc1ccc(C)c(NS(=O)(=O)c2ccc(I)cc2)c1. The topological polar surface area (TPSA) is 46.2 Å². The molecule has 100 valence electrons. The standard InChI is InChI=1S/C14H14INO2S/c1-10-3-4-11(2)14(9-10)16-19(17,18)13-7-5-12(15)6-8-13/h3-9,16H,1-2H3. The van der Waals surface area contributed by atoms with Crippen molar-refractivity contribution in [1.29, 1.82) is 0 Å². The highest BCUT2D eigenvalue weighted by Crippen LogP contribution is 2.21. The van der Waals surface area contributed by atoms with E-state index in [0.717, 1.165) is 14.7 Å². The maximum atomic E-state index is 12.3. The van der Waals surface area contributed by atoms with Gasteiger partial charge in [0.1, 0.15) is 0 Å². The molecule has 2 aromatic carbocycles. The number of hydrogen-bond acceptors (Lipinski definition) is 2. The number of sulfonamides is 1. The van der Waals surface area contributed by atoms with Crippen molar-refractivity contribution in [1.82, 2.24) is 0 Å². The van der Waals surface area contributed by atoms with E-state index in [1.807, 2.05) is 32.0 Å². The van der Waals surface area contributed by atoms with E-state index >= 15 is 0 Å². The Labute approximate surface area is 127 Å². The Kier molecular flexibility index (Phi) is 4.15. The lowest BCUT2D eigenvalue weighted by molar-refractivity contribution is 0.601. The molecular formula is C14H14INO2S. The van der Waals surface area contributed by atoms with Crippen LogP contribution in [0, 0.1) is 17.4 Å². The number of rotatable bonds is 3. The molecule has 0 aliphatic rings. The number of nitrogens with one attached hydrogen (secondary N) is 1. The molecule has 0 aromatic heterocycles. The molecular weight excluding hydrogens is 373 g/mol. The zero-order chi connectivity index (χ0) is 14.0. The van der Waals surface area contributed by atoms with Crippen molar-refractivity contribution in [3.63, 3.8) is 0 Å². The largest absolute Gasteiger partial charge is 0.279 e. The maximum Gasteiger partial charge on any atom is 0.261 e. The molecule has 3 nitrogen and oxygen atoms in total. The van der Waals surface area contributed by atoms with Gasteiger partial charge in [0, 0.05) is 3.57 Å². The third kappa shape index (κ3) is 3.48. The van der Waals surface area contributed by atoms with Gasteiger partial charge in [-0.15, -0.1) is 0 Å². The predicted molar refractivity (Wildman–Crippen MR) is 85.9 cm³/mol. The predicted octanol–water partition coefficient (Wildman–Crippen LogP) is 3.71. The fourth-order valence-corrected chi connectivity index (χ4v) is 3.14. The summed E-state index contributed by atoms with van der Waals surface area (Å²) in [5.74, 6) is 0.